The molecule has 0 radical (unpaired) electrons. The molecule has 5 nitrogen and oxygen atoms in total. The Hall–Kier alpha value is -3.21. The number of benzene rings is 2. The average Bonchev–Trinajstić information content (AvgIpc) is 3.18. The van der Waals surface area contributed by atoms with E-state index in [0.29, 0.717) is 24.7 Å². The van der Waals surface area contributed by atoms with Gasteiger partial charge in [0.1, 0.15) is 24.7 Å². The third-order valence-corrected chi connectivity index (χ3v) is 3.81. The van der Waals surface area contributed by atoms with Crippen molar-refractivity contribution in [2.45, 2.75) is 13.8 Å². The molecule has 5 heteroatoms. The van der Waals surface area contributed by atoms with Crippen LogP contribution in [0.3, 0.4) is 0 Å². The zero-order valence-corrected chi connectivity index (χ0v) is 14.8. The van der Waals surface area contributed by atoms with E-state index in [1.165, 1.54) is 11.8 Å². The van der Waals surface area contributed by atoms with Crippen LogP contribution >= 0.6 is 0 Å². The first-order chi connectivity index (χ1) is 12.6. The largest absolute Gasteiger partial charge is 0.490 e. The van der Waals surface area contributed by atoms with Crippen molar-refractivity contribution in [1.82, 2.24) is 0 Å². The molecule has 0 spiro atoms. The first kappa shape index (κ1) is 17.6. The lowest BCUT2D eigenvalue weighted by molar-refractivity contribution is 0.0996. The lowest BCUT2D eigenvalue weighted by Gasteiger charge is -2.11. The summed E-state index contributed by atoms with van der Waals surface area (Å²) in [6.45, 7) is 4.95. The number of hydrogen-bond donors (Lipinski definition) is 1. The molecule has 1 aromatic heterocycles. The SMILES string of the molecule is Cc1ccc(C)c(OCCOc2ccc(NC(=O)c3ccco3)cc2)c1. The van der Waals surface area contributed by atoms with Gasteiger partial charge >= 0.3 is 0 Å². The minimum absolute atomic E-state index is 0.272. The van der Waals surface area contributed by atoms with E-state index in [9.17, 15) is 4.79 Å². The number of carbonyl (C=O) groups excluding carboxylic acids is 1. The van der Waals surface area contributed by atoms with Gasteiger partial charge in [-0.05, 0) is 67.4 Å². The van der Waals surface area contributed by atoms with Crippen molar-refractivity contribution in [2.24, 2.45) is 0 Å². The minimum atomic E-state index is -0.286. The van der Waals surface area contributed by atoms with Crippen molar-refractivity contribution < 1.29 is 18.7 Å². The molecule has 134 valence electrons. The van der Waals surface area contributed by atoms with E-state index in [4.69, 9.17) is 13.9 Å². The van der Waals surface area contributed by atoms with Gasteiger partial charge in [-0.1, -0.05) is 12.1 Å². The lowest BCUT2D eigenvalue weighted by Crippen LogP contribution is -2.11. The average molecular weight is 351 g/mol. The molecule has 0 aliphatic carbocycles. The normalized spacial score (nSPS) is 10.4. The number of rotatable bonds is 7. The Morgan fingerprint density at radius 2 is 1.77 bits per heavy atom. The summed E-state index contributed by atoms with van der Waals surface area (Å²) < 4.78 is 16.5. The van der Waals surface area contributed by atoms with Crippen LogP contribution in [0.2, 0.25) is 0 Å². The fraction of sp³-hybridized carbons (Fsp3) is 0.190. The summed E-state index contributed by atoms with van der Waals surface area (Å²) in [6, 6.07) is 16.6. The highest BCUT2D eigenvalue weighted by Crippen LogP contribution is 2.20. The molecular weight excluding hydrogens is 330 g/mol. The maximum atomic E-state index is 11.9. The van der Waals surface area contributed by atoms with Crippen molar-refractivity contribution >= 4 is 11.6 Å². The predicted octanol–water partition coefficient (Wildman–Crippen LogP) is 4.61. The van der Waals surface area contributed by atoms with Crippen LogP contribution in [0.15, 0.2) is 65.3 Å². The fourth-order valence-corrected chi connectivity index (χ4v) is 2.41. The van der Waals surface area contributed by atoms with Gasteiger partial charge < -0.3 is 19.2 Å². The van der Waals surface area contributed by atoms with Crippen LogP contribution in [0.4, 0.5) is 5.69 Å². The Morgan fingerprint density at radius 3 is 2.50 bits per heavy atom. The minimum Gasteiger partial charge on any atom is -0.490 e. The van der Waals surface area contributed by atoms with E-state index in [0.717, 1.165) is 11.3 Å². The second kappa shape index (κ2) is 8.25. The van der Waals surface area contributed by atoms with Crippen LogP contribution in [0.5, 0.6) is 11.5 Å². The van der Waals surface area contributed by atoms with Crippen molar-refractivity contribution in [2.75, 3.05) is 18.5 Å². The van der Waals surface area contributed by atoms with Crippen LogP contribution in [0.1, 0.15) is 21.7 Å². The number of aryl methyl sites for hydroxylation is 2. The quantitative estimate of drug-likeness (QED) is 0.632. The van der Waals surface area contributed by atoms with Gasteiger partial charge in [-0.15, -0.1) is 0 Å². The molecule has 0 saturated heterocycles. The van der Waals surface area contributed by atoms with E-state index in [1.54, 1.807) is 36.4 Å². The van der Waals surface area contributed by atoms with Gasteiger partial charge in [0.25, 0.3) is 5.91 Å². The molecule has 1 amide bonds. The fourth-order valence-electron chi connectivity index (χ4n) is 2.41. The summed E-state index contributed by atoms with van der Waals surface area (Å²) in [5.74, 6) is 1.58. The summed E-state index contributed by atoms with van der Waals surface area (Å²) in [7, 11) is 0. The molecule has 0 saturated carbocycles. The number of furan rings is 1. The van der Waals surface area contributed by atoms with Crippen LogP contribution in [0, 0.1) is 13.8 Å². The second-order valence-corrected chi connectivity index (χ2v) is 5.92. The van der Waals surface area contributed by atoms with Gasteiger partial charge in [0.2, 0.25) is 0 Å². The molecule has 0 aliphatic rings. The van der Waals surface area contributed by atoms with Crippen LogP contribution in [0.25, 0.3) is 0 Å². The van der Waals surface area contributed by atoms with Gasteiger partial charge in [0, 0.05) is 5.69 Å². The monoisotopic (exact) mass is 351 g/mol. The van der Waals surface area contributed by atoms with Gasteiger partial charge in [-0.25, -0.2) is 0 Å². The molecule has 0 fully saturated rings. The Labute approximate surface area is 152 Å². The number of carbonyl (C=O) groups is 1. The first-order valence-corrected chi connectivity index (χ1v) is 8.39. The molecule has 2 aromatic carbocycles. The molecular formula is C21H21NO4. The van der Waals surface area contributed by atoms with Crippen LogP contribution < -0.4 is 14.8 Å². The van der Waals surface area contributed by atoms with Crippen molar-refractivity contribution in [3.05, 3.63) is 77.7 Å². The standard InChI is InChI=1S/C21H21NO4/c1-15-5-6-16(2)20(14-15)26-13-12-24-18-9-7-17(8-10-18)22-21(23)19-4-3-11-25-19/h3-11,14H,12-13H2,1-2H3,(H,22,23). The van der Waals surface area contributed by atoms with E-state index >= 15 is 0 Å². The zero-order valence-electron chi connectivity index (χ0n) is 14.8. The molecule has 26 heavy (non-hydrogen) atoms. The van der Waals surface area contributed by atoms with Crippen molar-refractivity contribution in [3.63, 3.8) is 0 Å². The smallest absolute Gasteiger partial charge is 0.291 e. The second-order valence-electron chi connectivity index (χ2n) is 5.92. The zero-order chi connectivity index (χ0) is 18.4. The third-order valence-electron chi connectivity index (χ3n) is 3.81. The summed E-state index contributed by atoms with van der Waals surface area (Å²) in [5.41, 5.74) is 2.94. The summed E-state index contributed by atoms with van der Waals surface area (Å²) in [5, 5.41) is 2.76. The number of amides is 1. The van der Waals surface area contributed by atoms with Gasteiger partial charge in [0.05, 0.1) is 6.26 Å². The summed E-state index contributed by atoms with van der Waals surface area (Å²) >= 11 is 0. The topological polar surface area (TPSA) is 60.7 Å². The number of hydrogen-bond acceptors (Lipinski definition) is 4. The molecule has 0 unspecified atom stereocenters. The highest BCUT2D eigenvalue weighted by atomic mass is 16.5. The Kier molecular flexibility index (Phi) is 5.59. The molecule has 0 atom stereocenters. The number of ether oxygens (including phenoxy) is 2. The van der Waals surface area contributed by atoms with Crippen LogP contribution in [-0.2, 0) is 0 Å². The van der Waals surface area contributed by atoms with E-state index in [-0.39, 0.29) is 11.7 Å². The Balaban J connectivity index is 1.45. The lowest BCUT2D eigenvalue weighted by atomic mass is 10.1. The summed E-state index contributed by atoms with van der Waals surface area (Å²) in [6.07, 6.45) is 1.46. The number of anilines is 1. The van der Waals surface area contributed by atoms with E-state index in [1.807, 2.05) is 26.0 Å². The van der Waals surface area contributed by atoms with E-state index < -0.39 is 0 Å². The van der Waals surface area contributed by atoms with Crippen molar-refractivity contribution in [1.29, 1.82) is 0 Å². The molecule has 3 rings (SSSR count). The molecule has 1 heterocycles. The Morgan fingerprint density at radius 1 is 1.00 bits per heavy atom. The highest BCUT2D eigenvalue weighted by molar-refractivity contribution is 6.02. The molecule has 3 aromatic rings. The Bertz CT molecular complexity index is 854. The molecule has 1 N–H and O–H groups in total. The predicted molar refractivity (Wildman–Crippen MR) is 100 cm³/mol. The maximum Gasteiger partial charge on any atom is 0.291 e. The van der Waals surface area contributed by atoms with E-state index in [2.05, 4.69) is 11.4 Å². The number of nitrogens with one attached hydrogen (secondary N) is 1. The van der Waals surface area contributed by atoms with Crippen LogP contribution in [-0.4, -0.2) is 19.1 Å². The molecule has 0 bridgehead atoms. The van der Waals surface area contributed by atoms with Gasteiger partial charge in [-0.3, -0.25) is 4.79 Å². The highest BCUT2D eigenvalue weighted by Gasteiger charge is 2.08. The van der Waals surface area contributed by atoms with Gasteiger partial charge in [0.15, 0.2) is 5.76 Å². The van der Waals surface area contributed by atoms with Crippen molar-refractivity contribution in [3.8, 4) is 11.5 Å². The van der Waals surface area contributed by atoms with Gasteiger partial charge in [-0.2, -0.15) is 0 Å². The maximum absolute atomic E-state index is 11.9. The molecule has 0 aliphatic heterocycles. The summed E-state index contributed by atoms with van der Waals surface area (Å²) in [4.78, 5) is 11.9. The first-order valence-electron chi connectivity index (χ1n) is 8.39. The third kappa shape index (κ3) is 4.66.